The fourth-order valence-corrected chi connectivity index (χ4v) is 1.26. The zero-order chi connectivity index (χ0) is 10.7. The van der Waals surface area contributed by atoms with Crippen LogP contribution in [0.3, 0.4) is 0 Å². The Balaban J connectivity index is 2.25. The van der Waals surface area contributed by atoms with Crippen LogP contribution in [0.5, 0.6) is 11.6 Å². The zero-order valence-corrected chi connectivity index (χ0v) is 9.18. The minimum atomic E-state index is 0.230. The first kappa shape index (κ1) is 9.85. The van der Waals surface area contributed by atoms with E-state index >= 15 is 0 Å². The van der Waals surface area contributed by atoms with Gasteiger partial charge in [-0.1, -0.05) is 0 Å². The van der Waals surface area contributed by atoms with E-state index in [1.165, 1.54) is 6.20 Å². The summed E-state index contributed by atoms with van der Waals surface area (Å²) in [5.41, 5.74) is 5.62. The summed E-state index contributed by atoms with van der Waals surface area (Å²) >= 11 is 3.16. The third kappa shape index (κ3) is 2.41. The van der Waals surface area contributed by atoms with E-state index in [4.69, 9.17) is 10.5 Å². The Bertz CT molecular complexity index is 463. The lowest BCUT2D eigenvalue weighted by atomic mass is 10.5. The highest BCUT2D eigenvalue weighted by Crippen LogP contribution is 2.23. The second kappa shape index (κ2) is 4.22. The fraction of sp³-hybridized carbons (Fsp3) is 0. The van der Waals surface area contributed by atoms with E-state index < -0.39 is 0 Å². The van der Waals surface area contributed by atoms with Crippen molar-refractivity contribution in [1.29, 1.82) is 0 Å². The SMILES string of the molecule is Nc1nc(Br)cnc1Oc1cccnc1. The van der Waals surface area contributed by atoms with Gasteiger partial charge in [0.2, 0.25) is 0 Å². The molecule has 0 aliphatic heterocycles. The Hall–Kier alpha value is -1.69. The van der Waals surface area contributed by atoms with E-state index in [2.05, 4.69) is 30.9 Å². The lowest BCUT2D eigenvalue weighted by Gasteiger charge is -2.05. The third-order valence-electron chi connectivity index (χ3n) is 1.58. The topological polar surface area (TPSA) is 73.9 Å². The van der Waals surface area contributed by atoms with Crippen molar-refractivity contribution in [3.63, 3.8) is 0 Å². The lowest BCUT2D eigenvalue weighted by molar-refractivity contribution is 0.460. The standard InChI is InChI=1S/C9H7BrN4O/c10-7-5-13-9(8(11)14-7)15-6-2-1-3-12-4-6/h1-5H,(H2,11,14). The Morgan fingerprint density at radius 2 is 2.20 bits per heavy atom. The number of nitrogens with zero attached hydrogens (tertiary/aromatic N) is 3. The summed E-state index contributed by atoms with van der Waals surface area (Å²) in [6.45, 7) is 0. The largest absolute Gasteiger partial charge is 0.434 e. The molecular weight excluding hydrogens is 260 g/mol. The first-order valence-electron chi connectivity index (χ1n) is 4.11. The van der Waals surface area contributed by atoms with Crippen molar-refractivity contribution in [2.24, 2.45) is 0 Å². The predicted molar refractivity (Wildman–Crippen MR) is 58.5 cm³/mol. The van der Waals surface area contributed by atoms with Gasteiger partial charge in [-0.15, -0.1) is 0 Å². The molecule has 0 aliphatic rings. The molecular formula is C9H7BrN4O. The van der Waals surface area contributed by atoms with Crippen LogP contribution >= 0.6 is 15.9 Å². The van der Waals surface area contributed by atoms with Gasteiger partial charge in [-0.2, -0.15) is 0 Å². The Kier molecular flexibility index (Phi) is 2.77. The van der Waals surface area contributed by atoms with Crippen LogP contribution in [0.25, 0.3) is 0 Å². The third-order valence-corrected chi connectivity index (χ3v) is 1.97. The Morgan fingerprint density at radius 3 is 2.87 bits per heavy atom. The molecule has 76 valence electrons. The van der Waals surface area contributed by atoms with Crippen molar-refractivity contribution in [3.05, 3.63) is 35.3 Å². The van der Waals surface area contributed by atoms with Crippen LogP contribution in [0.15, 0.2) is 35.3 Å². The maximum absolute atomic E-state index is 5.62. The van der Waals surface area contributed by atoms with E-state index in [1.54, 1.807) is 24.5 Å². The lowest BCUT2D eigenvalue weighted by Crippen LogP contribution is -1.98. The maximum atomic E-state index is 5.62. The zero-order valence-electron chi connectivity index (χ0n) is 7.59. The van der Waals surface area contributed by atoms with Crippen molar-refractivity contribution in [2.45, 2.75) is 0 Å². The Morgan fingerprint density at radius 1 is 1.33 bits per heavy atom. The average Bonchev–Trinajstić information content (AvgIpc) is 2.24. The van der Waals surface area contributed by atoms with Gasteiger partial charge in [-0.05, 0) is 28.1 Å². The van der Waals surface area contributed by atoms with E-state index in [0.717, 1.165) is 0 Å². The molecule has 2 aromatic heterocycles. The molecule has 5 nitrogen and oxygen atoms in total. The number of hydrogen-bond acceptors (Lipinski definition) is 5. The highest BCUT2D eigenvalue weighted by molar-refractivity contribution is 9.10. The summed E-state index contributed by atoms with van der Waals surface area (Å²) in [6, 6.07) is 3.52. The molecule has 15 heavy (non-hydrogen) atoms. The summed E-state index contributed by atoms with van der Waals surface area (Å²) in [4.78, 5) is 11.8. The van der Waals surface area contributed by atoms with Crippen LogP contribution in [-0.2, 0) is 0 Å². The van der Waals surface area contributed by atoms with Crippen LogP contribution in [0.2, 0.25) is 0 Å². The quantitative estimate of drug-likeness (QED) is 0.900. The molecule has 0 saturated heterocycles. The summed E-state index contributed by atoms with van der Waals surface area (Å²) in [6.07, 6.45) is 4.74. The molecule has 0 fully saturated rings. The first-order valence-corrected chi connectivity index (χ1v) is 4.91. The van der Waals surface area contributed by atoms with Crippen molar-refractivity contribution in [3.8, 4) is 11.6 Å². The van der Waals surface area contributed by atoms with Crippen LogP contribution < -0.4 is 10.5 Å². The highest BCUT2D eigenvalue weighted by atomic mass is 79.9. The molecule has 0 aliphatic carbocycles. The smallest absolute Gasteiger partial charge is 0.262 e. The van der Waals surface area contributed by atoms with E-state index in [1.807, 2.05) is 0 Å². The first-order chi connectivity index (χ1) is 7.25. The molecule has 0 radical (unpaired) electrons. The maximum Gasteiger partial charge on any atom is 0.262 e. The minimum Gasteiger partial charge on any atom is -0.434 e. The molecule has 2 rings (SSSR count). The highest BCUT2D eigenvalue weighted by Gasteiger charge is 2.05. The predicted octanol–water partition coefficient (Wildman–Crippen LogP) is 2.01. The van der Waals surface area contributed by atoms with E-state index in [-0.39, 0.29) is 11.7 Å². The fourth-order valence-electron chi connectivity index (χ4n) is 0.968. The van der Waals surface area contributed by atoms with Gasteiger partial charge in [-0.3, -0.25) is 4.98 Å². The van der Waals surface area contributed by atoms with Crippen molar-refractivity contribution in [1.82, 2.24) is 15.0 Å². The van der Waals surface area contributed by atoms with Gasteiger partial charge in [-0.25, -0.2) is 9.97 Å². The van der Waals surface area contributed by atoms with Crippen molar-refractivity contribution < 1.29 is 4.74 Å². The number of aromatic nitrogens is 3. The average molecular weight is 267 g/mol. The molecule has 0 amide bonds. The molecule has 0 bridgehead atoms. The summed E-state index contributed by atoms with van der Waals surface area (Å²) < 4.78 is 5.95. The normalized spacial score (nSPS) is 9.93. The minimum absolute atomic E-state index is 0.230. The molecule has 0 unspecified atom stereocenters. The van der Waals surface area contributed by atoms with Gasteiger partial charge in [0.05, 0.1) is 12.4 Å². The number of hydrogen-bond donors (Lipinski definition) is 1. The molecule has 0 saturated carbocycles. The summed E-state index contributed by atoms with van der Waals surface area (Å²) in [7, 11) is 0. The Labute approximate surface area is 94.5 Å². The summed E-state index contributed by atoms with van der Waals surface area (Å²) in [5.74, 6) is 1.07. The second-order valence-electron chi connectivity index (χ2n) is 2.67. The molecule has 6 heteroatoms. The van der Waals surface area contributed by atoms with Gasteiger partial charge in [0.25, 0.3) is 5.88 Å². The van der Waals surface area contributed by atoms with Crippen LogP contribution in [0.4, 0.5) is 5.82 Å². The number of anilines is 1. The molecule has 0 atom stereocenters. The van der Waals surface area contributed by atoms with Gasteiger partial charge in [0, 0.05) is 6.20 Å². The van der Waals surface area contributed by atoms with Crippen LogP contribution in [0, 0.1) is 0 Å². The number of halogens is 1. The number of nitrogens with two attached hydrogens (primary N) is 1. The number of ether oxygens (including phenoxy) is 1. The van der Waals surface area contributed by atoms with Gasteiger partial charge < -0.3 is 10.5 Å². The monoisotopic (exact) mass is 266 g/mol. The number of nitrogen functional groups attached to an aromatic ring is 1. The number of rotatable bonds is 2. The van der Waals surface area contributed by atoms with Gasteiger partial charge in [0.1, 0.15) is 10.4 Å². The van der Waals surface area contributed by atoms with Gasteiger partial charge in [0.15, 0.2) is 5.82 Å². The molecule has 2 N–H and O–H groups in total. The van der Waals surface area contributed by atoms with Crippen molar-refractivity contribution in [2.75, 3.05) is 5.73 Å². The molecule has 0 spiro atoms. The summed E-state index contributed by atoms with van der Waals surface area (Å²) in [5, 5.41) is 0. The van der Waals surface area contributed by atoms with E-state index in [0.29, 0.717) is 10.4 Å². The second-order valence-corrected chi connectivity index (χ2v) is 3.49. The van der Waals surface area contributed by atoms with Crippen molar-refractivity contribution >= 4 is 21.7 Å². The molecule has 2 heterocycles. The van der Waals surface area contributed by atoms with Gasteiger partial charge >= 0.3 is 0 Å². The van der Waals surface area contributed by atoms with E-state index in [9.17, 15) is 0 Å². The number of pyridine rings is 1. The van der Waals surface area contributed by atoms with Crippen LogP contribution in [0.1, 0.15) is 0 Å². The molecule has 2 aromatic rings. The molecule has 0 aromatic carbocycles. The van der Waals surface area contributed by atoms with Crippen LogP contribution in [-0.4, -0.2) is 15.0 Å².